The number of morpholine rings is 1. The van der Waals surface area contributed by atoms with E-state index < -0.39 is 7.67 Å². The Balaban J connectivity index is 1.72. The molecule has 1 atom stereocenters. The van der Waals surface area contributed by atoms with Gasteiger partial charge in [0.15, 0.2) is 0 Å². The van der Waals surface area contributed by atoms with Crippen molar-refractivity contribution in [3.8, 4) is 0 Å². The van der Waals surface area contributed by atoms with Gasteiger partial charge in [-0.05, 0) is 30.3 Å². The largest absolute Gasteiger partial charge is 0.422 e. The number of rotatable bonds is 3. The molecule has 0 radical (unpaired) electrons. The number of nitrogens with zero attached hydrogens (tertiary/aromatic N) is 2. The highest BCUT2D eigenvalue weighted by atomic mass is 35.5. The maximum atomic E-state index is 14.1. The third-order valence-corrected chi connectivity index (χ3v) is 7.31. The molecule has 2 aromatic rings. The topological polar surface area (TPSA) is 42.0 Å². The molecule has 2 aliphatic heterocycles. The normalized spacial score (nSPS) is 24.0. The molecule has 2 aliphatic rings. The van der Waals surface area contributed by atoms with Gasteiger partial charge >= 0.3 is 7.67 Å². The standard InChI is InChI=1S/C19H20ClN2O3P/c20-17-6-8-18(9-7-17)22-11-10-19(16-4-2-1-3-5-16)25-26(22,23)21-12-14-24-15-13-21/h1-10H,11-15H2/t26-/m0/s1. The van der Waals surface area contributed by atoms with E-state index in [1.54, 1.807) is 12.1 Å². The lowest BCUT2D eigenvalue weighted by Crippen LogP contribution is -2.41. The minimum absolute atomic E-state index is 0.500. The van der Waals surface area contributed by atoms with Crippen molar-refractivity contribution in [3.05, 3.63) is 71.3 Å². The zero-order chi connectivity index (χ0) is 18.0. The van der Waals surface area contributed by atoms with Gasteiger partial charge in [-0.25, -0.2) is 4.57 Å². The maximum absolute atomic E-state index is 14.1. The van der Waals surface area contributed by atoms with Crippen LogP contribution in [0.4, 0.5) is 5.69 Å². The van der Waals surface area contributed by atoms with Gasteiger partial charge in [-0.3, -0.25) is 4.67 Å². The summed E-state index contributed by atoms with van der Waals surface area (Å²) in [7, 11) is -3.28. The third-order valence-electron chi connectivity index (χ3n) is 4.50. The van der Waals surface area contributed by atoms with Gasteiger partial charge < -0.3 is 9.26 Å². The van der Waals surface area contributed by atoms with Gasteiger partial charge in [0, 0.05) is 29.4 Å². The summed E-state index contributed by atoms with van der Waals surface area (Å²) in [4.78, 5) is 0. The molecule has 1 saturated heterocycles. The number of benzene rings is 2. The molecule has 0 saturated carbocycles. The number of anilines is 1. The lowest BCUT2D eigenvalue weighted by Gasteiger charge is -2.42. The van der Waals surface area contributed by atoms with E-state index in [1.807, 2.05) is 57.9 Å². The zero-order valence-corrected chi connectivity index (χ0v) is 15.9. The van der Waals surface area contributed by atoms with E-state index in [4.69, 9.17) is 20.9 Å². The Morgan fingerprint density at radius 3 is 2.35 bits per heavy atom. The lowest BCUT2D eigenvalue weighted by atomic mass is 10.2. The van der Waals surface area contributed by atoms with E-state index in [2.05, 4.69) is 0 Å². The average molecular weight is 391 g/mol. The van der Waals surface area contributed by atoms with E-state index in [9.17, 15) is 4.57 Å². The second kappa shape index (κ2) is 7.45. The monoisotopic (exact) mass is 390 g/mol. The number of ether oxygens (including phenoxy) is 1. The van der Waals surface area contributed by atoms with Gasteiger partial charge in [0.2, 0.25) is 0 Å². The molecule has 0 spiro atoms. The summed E-state index contributed by atoms with van der Waals surface area (Å²) < 4.78 is 29.4. The first-order valence-electron chi connectivity index (χ1n) is 8.59. The summed E-state index contributed by atoms with van der Waals surface area (Å²) in [5.41, 5.74) is 1.75. The molecular formula is C19H20ClN2O3P. The smallest absolute Gasteiger partial charge is 0.417 e. The van der Waals surface area contributed by atoms with E-state index in [1.165, 1.54) is 0 Å². The number of hydrogen-bond acceptors (Lipinski definition) is 3. The van der Waals surface area contributed by atoms with Crippen LogP contribution in [0, 0.1) is 0 Å². The Bertz CT molecular complexity index is 836. The molecule has 4 rings (SSSR count). The highest BCUT2D eigenvalue weighted by Gasteiger charge is 2.43. The van der Waals surface area contributed by atoms with Crippen LogP contribution in [0.1, 0.15) is 5.56 Å². The Morgan fingerprint density at radius 2 is 1.65 bits per heavy atom. The van der Waals surface area contributed by atoms with Crippen LogP contribution in [0.2, 0.25) is 5.02 Å². The fourth-order valence-electron chi connectivity index (χ4n) is 3.14. The maximum Gasteiger partial charge on any atom is 0.422 e. The average Bonchev–Trinajstić information content (AvgIpc) is 2.70. The fraction of sp³-hybridized carbons (Fsp3) is 0.263. The van der Waals surface area contributed by atoms with Crippen molar-refractivity contribution in [2.45, 2.75) is 0 Å². The molecule has 0 N–H and O–H groups in total. The summed E-state index contributed by atoms with van der Waals surface area (Å²) in [5, 5.41) is 0.647. The summed E-state index contributed by atoms with van der Waals surface area (Å²) >= 11 is 6.02. The summed E-state index contributed by atoms with van der Waals surface area (Å²) in [6.07, 6.45) is 1.97. The molecule has 1 fully saturated rings. The molecule has 2 heterocycles. The second-order valence-electron chi connectivity index (χ2n) is 6.14. The quantitative estimate of drug-likeness (QED) is 0.713. The first-order valence-corrected chi connectivity index (χ1v) is 10.5. The van der Waals surface area contributed by atoms with Crippen LogP contribution in [-0.2, 0) is 13.8 Å². The Labute approximate surface area is 158 Å². The first kappa shape index (κ1) is 17.6. The molecule has 2 aromatic carbocycles. The fourth-order valence-corrected chi connectivity index (χ4v) is 5.61. The molecule has 0 bridgehead atoms. The van der Waals surface area contributed by atoms with E-state index in [-0.39, 0.29) is 0 Å². The van der Waals surface area contributed by atoms with Gasteiger partial charge in [0.05, 0.1) is 19.8 Å². The van der Waals surface area contributed by atoms with E-state index in [0.29, 0.717) is 43.6 Å². The number of halogens is 1. The molecular weight excluding hydrogens is 371 g/mol. The van der Waals surface area contributed by atoms with Crippen molar-refractivity contribution in [1.82, 2.24) is 4.67 Å². The predicted octanol–water partition coefficient (Wildman–Crippen LogP) is 4.66. The predicted molar refractivity (Wildman–Crippen MR) is 104 cm³/mol. The molecule has 136 valence electrons. The van der Waals surface area contributed by atoms with Crippen LogP contribution in [0.25, 0.3) is 5.76 Å². The van der Waals surface area contributed by atoms with Gasteiger partial charge in [0.1, 0.15) is 5.76 Å². The van der Waals surface area contributed by atoms with Crippen LogP contribution >= 0.6 is 19.3 Å². The first-order chi connectivity index (χ1) is 12.7. The summed E-state index contributed by atoms with van der Waals surface area (Å²) in [6, 6.07) is 17.1. The van der Waals surface area contributed by atoms with Crippen LogP contribution in [-0.4, -0.2) is 37.5 Å². The Hall–Kier alpha value is -1.78. The molecule has 0 aromatic heterocycles. The molecule has 0 unspecified atom stereocenters. The number of hydrogen-bond donors (Lipinski definition) is 0. The Morgan fingerprint density at radius 1 is 0.962 bits per heavy atom. The molecule has 0 aliphatic carbocycles. The SMILES string of the molecule is O=[P@@]1(N2CCOCC2)OC(c2ccccc2)=CCN1c1ccc(Cl)cc1. The molecule has 7 heteroatoms. The van der Waals surface area contributed by atoms with Crippen molar-refractivity contribution in [1.29, 1.82) is 0 Å². The van der Waals surface area contributed by atoms with Crippen molar-refractivity contribution in [3.63, 3.8) is 0 Å². The van der Waals surface area contributed by atoms with E-state index in [0.717, 1.165) is 11.3 Å². The summed E-state index contributed by atoms with van der Waals surface area (Å²) in [5.74, 6) is 0.658. The van der Waals surface area contributed by atoms with Gasteiger partial charge in [-0.1, -0.05) is 41.9 Å². The van der Waals surface area contributed by atoms with Crippen LogP contribution in [0.3, 0.4) is 0 Å². The van der Waals surface area contributed by atoms with Crippen molar-refractivity contribution in [2.75, 3.05) is 37.5 Å². The molecule has 26 heavy (non-hydrogen) atoms. The molecule has 0 amide bonds. The minimum atomic E-state index is -3.28. The van der Waals surface area contributed by atoms with Gasteiger partial charge in [0.25, 0.3) is 0 Å². The van der Waals surface area contributed by atoms with E-state index >= 15 is 0 Å². The highest BCUT2D eigenvalue weighted by Crippen LogP contribution is 2.60. The van der Waals surface area contributed by atoms with Crippen molar-refractivity contribution in [2.24, 2.45) is 0 Å². The third kappa shape index (κ3) is 3.40. The highest BCUT2D eigenvalue weighted by molar-refractivity contribution is 7.58. The second-order valence-corrected chi connectivity index (χ2v) is 8.79. The van der Waals surface area contributed by atoms with Crippen molar-refractivity contribution >= 4 is 30.7 Å². The van der Waals surface area contributed by atoms with Gasteiger partial charge in [-0.15, -0.1) is 0 Å². The lowest BCUT2D eigenvalue weighted by molar-refractivity contribution is 0.0672. The van der Waals surface area contributed by atoms with Crippen LogP contribution in [0.15, 0.2) is 60.7 Å². The molecule has 5 nitrogen and oxygen atoms in total. The van der Waals surface area contributed by atoms with Gasteiger partial charge in [-0.2, -0.15) is 4.67 Å². The van der Waals surface area contributed by atoms with Crippen LogP contribution < -0.4 is 4.67 Å². The Kier molecular flexibility index (Phi) is 5.05. The summed E-state index contributed by atoms with van der Waals surface area (Å²) in [6.45, 7) is 2.74. The minimum Gasteiger partial charge on any atom is -0.417 e. The van der Waals surface area contributed by atoms with Crippen LogP contribution in [0.5, 0.6) is 0 Å². The zero-order valence-electron chi connectivity index (χ0n) is 14.3. The van der Waals surface area contributed by atoms with Crippen molar-refractivity contribution < 1.29 is 13.8 Å².